The second-order valence-electron chi connectivity index (χ2n) is 2.17. The van der Waals surface area contributed by atoms with Crippen LogP contribution in [0.25, 0.3) is 0 Å². The molecular weight excluding hydrogens is 247 g/mol. The quantitative estimate of drug-likeness (QED) is 0.653. The van der Waals surface area contributed by atoms with Crippen molar-refractivity contribution in [3.8, 4) is 0 Å². The van der Waals surface area contributed by atoms with Gasteiger partial charge in [-0.05, 0) is 12.1 Å². The molecule has 0 saturated carbocycles. The Bertz CT molecular complexity index is 335. The normalized spacial score (nSPS) is 10.2. The van der Waals surface area contributed by atoms with Crippen molar-refractivity contribution in [2.75, 3.05) is 11.8 Å². The first-order chi connectivity index (χ1) is 6.52. The van der Waals surface area contributed by atoms with Crippen LogP contribution in [-0.4, -0.2) is 24.7 Å². The highest BCUT2D eigenvalue weighted by Gasteiger charge is 2.05. The van der Waals surface area contributed by atoms with Crippen LogP contribution >= 0.6 is 23.2 Å². The molecule has 1 rings (SSSR count). The van der Waals surface area contributed by atoms with E-state index in [1.165, 1.54) is 12.1 Å². The van der Waals surface area contributed by atoms with Crippen molar-refractivity contribution in [3.63, 3.8) is 0 Å². The monoisotopic (exact) mass is 256 g/mol. The fraction of sp³-hybridized carbons (Fsp3) is 0.250. The highest BCUT2D eigenvalue weighted by Crippen LogP contribution is 2.05. The molecule has 0 amide bonds. The van der Waals surface area contributed by atoms with Gasteiger partial charge in [0.25, 0.3) is 10.1 Å². The first-order valence-electron chi connectivity index (χ1n) is 3.67. The molecule has 0 aliphatic carbocycles. The van der Waals surface area contributed by atoms with Crippen molar-refractivity contribution < 1.29 is 13.0 Å². The Labute approximate surface area is 93.4 Å². The number of rotatable bonds is 2. The van der Waals surface area contributed by atoms with Gasteiger partial charge in [-0.1, -0.05) is 18.2 Å². The fourth-order valence-electron chi connectivity index (χ4n) is 0.592. The van der Waals surface area contributed by atoms with Crippen molar-refractivity contribution in [2.24, 2.45) is 0 Å². The molecule has 0 bridgehead atoms. The summed E-state index contributed by atoms with van der Waals surface area (Å²) in [6.45, 7) is 0. The molecule has 0 fully saturated rings. The van der Waals surface area contributed by atoms with Crippen molar-refractivity contribution in [1.82, 2.24) is 0 Å². The van der Waals surface area contributed by atoms with Gasteiger partial charge in [0.1, 0.15) is 0 Å². The van der Waals surface area contributed by atoms with Gasteiger partial charge in [0, 0.05) is 11.8 Å². The maximum atomic E-state index is 10.4. The van der Waals surface area contributed by atoms with Gasteiger partial charge in [-0.3, -0.25) is 4.55 Å². The molecule has 0 atom stereocenters. The zero-order valence-corrected chi connectivity index (χ0v) is 9.56. The molecule has 1 aromatic carbocycles. The molecule has 0 aromatic heterocycles. The largest absolute Gasteiger partial charge is 0.294 e. The summed E-state index contributed by atoms with van der Waals surface area (Å²) >= 11 is 10.1. The summed E-state index contributed by atoms with van der Waals surface area (Å²) in [5, 5.41) is 0. The average Bonchev–Trinajstić information content (AvgIpc) is 2.18. The van der Waals surface area contributed by atoms with E-state index in [4.69, 9.17) is 27.8 Å². The maximum absolute atomic E-state index is 10.4. The lowest BCUT2D eigenvalue weighted by atomic mass is 10.4. The Balaban J connectivity index is 0.000000364. The topological polar surface area (TPSA) is 54.4 Å². The smallest absolute Gasteiger partial charge is 0.282 e. The summed E-state index contributed by atoms with van der Waals surface area (Å²) in [5.41, 5.74) is 0. The summed E-state index contributed by atoms with van der Waals surface area (Å²) in [4.78, 5) is -0.0741. The molecular formula is C8H10Cl2O3S. The van der Waals surface area contributed by atoms with Crippen LogP contribution in [0.15, 0.2) is 35.2 Å². The summed E-state index contributed by atoms with van der Waals surface area (Å²) in [5.74, 6) is 1.11. The van der Waals surface area contributed by atoms with E-state index in [0.717, 1.165) is 0 Å². The molecule has 0 unspecified atom stereocenters. The SMILES string of the molecule is ClCCCl.O=S(=O)(O)c1ccccc1. The first-order valence-corrected chi connectivity index (χ1v) is 6.17. The van der Waals surface area contributed by atoms with Gasteiger partial charge < -0.3 is 0 Å². The second kappa shape index (κ2) is 7.06. The molecule has 0 heterocycles. The second-order valence-corrected chi connectivity index (χ2v) is 4.34. The molecule has 80 valence electrons. The minimum absolute atomic E-state index is 0.0741. The van der Waals surface area contributed by atoms with Crippen LogP contribution in [0.4, 0.5) is 0 Å². The van der Waals surface area contributed by atoms with E-state index in [-0.39, 0.29) is 4.90 Å². The van der Waals surface area contributed by atoms with Gasteiger partial charge in [-0.25, -0.2) is 0 Å². The van der Waals surface area contributed by atoms with Crippen molar-refractivity contribution >= 4 is 33.3 Å². The lowest BCUT2D eigenvalue weighted by Gasteiger charge is -1.92. The highest BCUT2D eigenvalue weighted by molar-refractivity contribution is 7.85. The molecule has 14 heavy (non-hydrogen) atoms. The minimum atomic E-state index is -4.00. The Morgan fingerprint density at radius 3 is 1.71 bits per heavy atom. The lowest BCUT2D eigenvalue weighted by Crippen LogP contribution is -1.96. The third-order valence-electron chi connectivity index (χ3n) is 1.11. The van der Waals surface area contributed by atoms with Crippen LogP contribution in [0.5, 0.6) is 0 Å². The van der Waals surface area contributed by atoms with Gasteiger partial charge in [0.15, 0.2) is 0 Å². The zero-order chi connectivity index (χ0) is 11.0. The molecule has 0 saturated heterocycles. The third kappa shape index (κ3) is 6.21. The van der Waals surface area contributed by atoms with Gasteiger partial charge in [0.2, 0.25) is 0 Å². The standard InChI is InChI=1S/C6H6O3S.C2H4Cl2/c7-10(8,9)6-4-2-1-3-5-6;3-1-2-4/h1-5H,(H,7,8,9);1-2H2. The number of hydrogen-bond acceptors (Lipinski definition) is 2. The molecule has 0 aliphatic heterocycles. The number of benzene rings is 1. The highest BCUT2D eigenvalue weighted by atomic mass is 35.5. The Morgan fingerprint density at radius 1 is 1.07 bits per heavy atom. The summed E-state index contributed by atoms with van der Waals surface area (Å²) in [7, 11) is -4.00. The van der Waals surface area contributed by atoms with E-state index in [2.05, 4.69) is 0 Å². The molecule has 3 nitrogen and oxygen atoms in total. The third-order valence-corrected chi connectivity index (χ3v) is 2.55. The Hall–Kier alpha value is -0.290. The van der Waals surface area contributed by atoms with Crippen LogP contribution in [0.2, 0.25) is 0 Å². The van der Waals surface area contributed by atoms with Crippen molar-refractivity contribution in [2.45, 2.75) is 4.90 Å². The van der Waals surface area contributed by atoms with Crippen LogP contribution in [-0.2, 0) is 10.1 Å². The average molecular weight is 257 g/mol. The number of hydrogen-bond donors (Lipinski definition) is 1. The molecule has 1 N–H and O–H groups in total. The van der Waals surface area contributed by atoms with Crippen molar-refractivity contribution in [3.05, 3.63) is 30.3 Å². The predicted molar refractivity (Wildman–Crippen MR) is 57.7 cm³/mol. The molecule has 0 spiro atoms. The van der Waals surface area contributed by atoms with Crippen LogP contribution in [0.1, 0.15) is 0 Å². The van der Waals surface area contributed by atoms with Crippen LogP contribution < -0.4 is 0 Å². The number of halogens is 2. The Morgan fingerprint density at radius 2 is 1.50 bits per heavy atom. The molecule has 6 heteroatoms. The van der Waals surface area contributed by atoms with Gasteiger partial charge in [-0.2, -0.15) is 8.42 Å². The Kier molecular flexibility index (Phi) is 6.92. The molecule has 0 aliphatic rings. The summed E-state index contributed by atoms with van der Waals surface area (Å²) in [6, 6.07) is 7.42. The van der Waals surface area contributed by atoms with Crippen LogP contribution in [0.3, 0.4) is 0 Å². The van der Waals surface area contributed by atoms with Gasteiger partial charge in [-0.15, -0.1) is 23.2 Å². The van der Waals surface area contributed by atoms with E-state index in [1.54, 1.807) is 18.2 Å². The minimum Gasteiger partial charge on any atom is -0.282 e. The van der Waals surface area contributed by atoms with Crippen LogP contribution in [0, 0.1) is 0 Å². The van der Waals surface area contributed by atoms with E-state index >= 15 is 0 Å². The molecule has 0 radical (unpaired) electrons. The predicted octanol–water partition coefficient (Wildman–Crippen LogP) is 2.40. The summed E-state index contributed by atoms with van der Waals surface area (Å²) < 4.78 is 29.2. The van der Waals surface area contributed by atoms with Gasteiger partial charge >= 0.3 is 0 Å². The van der Waals surface area contributed by atoms with E-state index < -0.39 is 10.1 Å². The first kappa shape index (κ1) is 13.7. The van der Waals surface area contributed by atoms with E-state index in [0.29, 0.717) is 11.8 Å². The van der Waals surface area contributed by atoms with Crippen molar-refractivity contribution in [1.29, 1.82) is 0 Å². The molecule has 1 aromatic rings. The van der Waals surface area contributed by atoms with E-state index in [1.807, 2.05) is 0 Å². The zero-order valence-electron chi connectivity index (χ0n) is 7.23. The van der Waals surface area contributed by atoms with Gasteiger partial charge in [0.05, 0.1) is 4.90 Å². The number of alkyl halides is 2. The maximum Gasteiger partial charge on any atom is 0.294 e. The lowest BCUT2D eigenvalue weighted by molar-refractivity contribution is 0.483. The van der Waals surface area contributed by atoms with E-state index in [9.17, 15) is 8.42 Å². The summed E-state index contributed by atoms with van der Waals surface area (Å²) in [6.07, 6.45) is 0. The fourth-order valence-corrected chi connectivity index (χ4v) is 1.09.